The lowest BCUT2D eigenvalue weighted by molar-refractivity contribution is -0.140. The number of carbonyl (C=O) groups is 2. The van der Waals surface area contributed by atoms with E-state index in [1.807, 2.05) is 30.3 Å². The lowest BCUT2D eigenvalue weighted by atomic mass is 9.95. The molecule has 6 heteroatoms. The number of hydrogen-bond acceptors (Lipinski definition) is 4. The standard InChI is InChI=1S/C23H17ClN2O3/c24-18-8-6-16(7-9-18)20-19(21(27)17-10-12-25-13-11-17)22(28)23(29)26(20)14-15-4-2-1-3-5-15/h1-13,20,27H,14H2/b21-19+. The summed E-state index contributed by atoms with van der Waals surface area (Å²) >= 11 is 6.02. The van der Waals surface area contributed by atoms with Gasteiger partial charge in [0, 0.05) is 29.5 Å². The Bertz CT molecular complexity index is 1080. The van der Waals surface area contributed by atoms with Gasteiger partial charge < -0.3 is 10.0 Å². The van der Waals surface area contributed by atoms with Crippen LogP contribution in [-0.4, -0.2) is 26.7 Å². The van der Waals surface area contributed by atoms with Crippen LogP contribution in [0.4, 0.5) is 0 Å². The summed E-state index contributed by atoms with van der Waals surface area (Å²) in [7, 11) is 0. The molecule has 29 heavy (non-hydrogen) atoms. The highest BCUT2D eigenvalue weighted by molar-refractivity contribution is 6.46. The van der Waals surface area contributed by atoms with E-state index in [1.165, 1.54) is 17.3 Å². The molecular weight excluding hydrogens is 388 g/mol. The first-order valence-electron chi connectivity index (χ1n) is 9.04. The van der Waals surface area contributed by atoms with Gasteiger partial charge in [0.15, 0.2) is 0 Å². The molecule has 1 N–H and O–H groups in total. The lowest BCUT2D eigenvalue weighted by Gasteiger charge is -2.25. The van der Waals surface area contributed by atoms with Crippen molar-refractivity contribution in [1.82, 2.24) is 9.88 Å². The maximum absolute atomic E-state index is 12.9. The van der Waals surface area contributed by atoms with Crippen LogP contribution in [0, 0.1) is 0 Å². The van der Waals surface area contributed by atoms with Crippen molar-refractivity contribution >= 4 is 29.1 Å². The summed E-state index contributed by atoms with van der Waals surface area (Å²) < 4.78 is 0. The van der Waals surface area contributed by atoms with Crippen LogP contribution in [0.1, 0.15) is 22.7 Å². The van der Waals surface area contributed by atoms with E-state index < -0.39 is 17.7 Å². The number of rotatable bonds is 4. The number of aromatic nitrogens is 1. The summed E-state index contributed by atoms with van der Waals surface area (Å²) in [6.07, 6.45) is 3.04. The van der Waals surface area contributed by atoms with Crippen LogP contribution in [-0.2, 0) is 16.1 Å². The van der Waals surface area contributed by atoms with Crippen molar-refractivity contribution in [1.29, 1.82) is 0 Å². The van der Waals surface area contributed by atoms with Gasteiger partial charge >= 0.3 is 0 Å². The molecule has 144 valence electrons. The maximum atomic E-state index is 12.9. The molecule has 0 spiro atoms. The molecule has 1 fully saturated rings. The third kappa shape index (κ3) is 3.65. The Morgan fingerprint density at radius 1 is 0.966 bits per heavy atom. The van der Waals surface area contributed by atoms with Gasteiger partial charge in [-0.2, -0.15) is 0 Å². The number of ketones is 1. The van der Waals surface area contributed by atoms with Crippen molar-refractivity contribution in [2.75, 3.05) is 0 Å². The van der Waals surface area contributed by atoms with E-state index in [0.29, 0.717) is 16.1 Å². The smallest absolute Gasteiger partial charge is 0.295 e. The normalized spacial score (nSPS) is 18.2. The predicted octanol–water partition coefficient (Wildman–Crippen LogP) is 4.36. The number of Topliss-reactive ketones (excluding diaryl/α,β-unsaturated/α-hetero) is 1. The molecule has 4 rings (SSSR count). The minimum atomic E-state index is -0.722. The van der Waals surface area contributed by atoms with Gasteiger partial charge in [0.1, 0.15) is 5.76 Å². The van der Waals surface area contributed by atoms with Gasteiger partial charge in [0.2, 0.25) is 0 Å². The number of amides is 1. The molecular formula is C23H17ClN2O3. The predicted molar refractivity (Wildman–Crippen MR) is 110 cm³/mol. The van der Waals surface area contributed by atoms with Crippen molar-refractivity contribution in [2.24, 2.45) is 0 Å². The average Bonchev–Trinajstić information content (AvgIpc) is 3.00. The Balaban J connectivity index is 1.86. The number of benzene rings is 2. The largest absolute Gasteiger partial charge is 0.507 e. The molecule has 1 aliphatic heterocycles. The fourth-order valence-corrected chi connectivity index (χ4v) is 3.61. The molecule has 0 aliphatic carbocycles. The van der Waals surface area contributed by atoms with Crippen LogP contribution in [0.15, 0.2) is 84.7 Å². The van der Waals surface area contributed by atoms with Crippen molar-refractivity contribution < 1.29 is 14.7 Å². The highest BCUT2D eigenvalue weighted by atomic mass is 35.5. The Labute approximate surface area is 172 Å². The van der Waals surface area contributed by atoms with E-state index in [2.05, 4.69) is 4.98 Å². The van der Waals surface area contributed by atoms with Crippen LogP contribution in [0.5, 0.6) is 0 Å². The number of halogens is 1. The summed E-state index contributed by atoms with van der Waals surface area (Å²) in [5, 5.41) is 11.4. The van der Waals surface area contributed by atoms with Crippen LogP contribution < -0.4 is 0 Å². The molecule has 5 nitrogen and oxygen atoms in total. The Morgan fingerprint density at radius 3 is 2.28 bits per heavy atom. The SMILES string of the molecule is O=C1C(=O)N(Cc2ccccc2)C(c2ccc(Cl)cc2)/C1=C(\O)c1ccncc1. The fraction of sp³-hybridized carbons (Fsp3) is 0.0870. The number of hydrogen-bond donors (Lipinski definition) is 1. The lowest BCUT2D eigenvalue weighted by Crippen LogP contribution is -2.29. The molecule has 0 radical (unpaired) electrons. The third-order valence-electron chi connectivity index (χ3n) is 4.88. The fourth-order valence-electron chi connectivity index (χ4n) is 3.48. The van der Waals surface area contributed by atoms with Crippen LogP contribution in [0.3, 0.4) is 0 Å². The molecule has 1 saturated heterocycles. The van der Waals surface area contributed by atoms with Gasteiger partial charge in [-0.05, 0) is 35.4 Å². The van der Waals surface area contributed by atoms with Gasteiger partial charge in [-0.1, -0.05) is 54.1 Å². The van der Waals surface area contributed by atoms with Gasteiger partial charge in [0.05, 0.1) is 11.6 Å². The van der Waals surface area contributed by atoms with Crippen LogP contribution >= 0.6 is 11.6 Å². The van der Waals surface area contributed by atoms with Gasteiger partial charge in [-0.3, -0.25) is 14.6 Å². The molecule has 0 bridgehead atoms. The van der Waals surface area contributed by atoms with Gasteiger partial charge in [-0.15, -0.1) is 0 Å². The molecule has 1 unspecified atom stereocenters. The summed E-state index contributed by atoms with van der Waals surface area (Å²) in [6.45, 7) is 0.242. The monoisotopic (exact) mass is 404 g/mol. The molecule has 2 heterocycles. The zero-order valence-electron chi connectivity index (χ0n) is 15.3. The number of carbonyl (C=O) groups excluding carboxylic acids is 2. The van der Waals surface area contributed by atoms with E-state index in [1.54, 1.807) is 36.4 Å². The highest BCUT2D eigenvalue weighted by Gasteiger charge is 2.46. The molecule has 1 aromatic heterocycles. The Morgan fingerprint density at radius 2 is 1.62 bits per heavy atom. The molecule has 1 aliphatic rings. The number of nitrogens with zero attached hydrogens (tertiary/aromatic N) is 2. The molecule has 1 amide bonds. The average molecular weight is 405 g/mol. The quantitative estimate of drug-likeness (QED) is 0.398. The second-order valence-corrected chi connectivity index (χ2v) is 7.14. The zero-order chi connectivity index (χ0) is 20.4. The Hall–Kier alpha value is -3.44. The van der Waals surface area contributed by atoms with E-state index >= 15 is 0 Å². The van der Waals surface area contributed by atoms with Gasteiger partial charge in [-0.25, -0.2) is 0 Å². The van der Waals surface area contributed by atoms with Crippen molar-refractivity contribution in [3.8, 4) is 0 Å². The minimum absolute atomic E-state index is 0.0550. The van der Waals surface area contributed by atoms with E-state index in [4.69, 9.17) is 11.6 Å². The first kappa shape index (κ1) is 18.9. The van der Waals surface area contributed by atoms with E-state index in [0.717, 1.165) is 5.56 Å². The van der Waals surface area contributed by atoms with Crippen LogP contribution in [0.25, 0.3) is 5.76 Å². The second-order valence-electron chi connectivity index (χ2n) is 6.70. The summed E-state index contributed by atoms with van der Waals surface area (Å²) in [5.74, 6) is -1.58. The molecule has 3 aromatic rings. The topological polar surface area (TPSA) is 70.5 Å². The first-order chi connectivity index (χ1) is 14.1. The van der Waals surface area contributed by atoms with Crippen LogP contribution in [0.2, 0.25) is 5.02 Å². The first-order valence-corrected chi connectivity index (χ1v) is 9.42. The maximum Gasteiger partial charge on any atom is 0.295 e. The molecule has 0 saturated carbocycles. The highest BCUT2D eigenvalue weighted by Crippen LogP contribution is 2.40. The zero-order valence-corrected chi connectivity index (χ0v) is 16.1. The van der Waals surface area contributed by atoms with Crippen molar-refractivity contribution in [2.45, 2.75) is 12.6 Å². The minimum Gasteiger partial charge on any atom is -0.507 e. The number of pyridine rings is 1. The van der Waals surface area contributed by atoms with E-state index in [9.17, 15) is 14.7 Å². The summed E-state index contributed by atoms with van der Waals surface area (Å²) in [6, 6.07) is 18.8. The summed E-state index contributed by atoms with van der Waals surface area (Å²) in [5.41, 5.74) is 2.06. The Kier molecular flexibility index (Phi) is 5.14. The van der Waals surface area contributed by atoms with Crippen molar-refractivity contribution in [3.05, 3.63) is 106 Å². The third-order valence-corrected chi connectivity index (χ3v) is 5.13. The van der Waals surface area contributed by atoms with Crippen molar-refractivity contribution in [3.63, 3.8) is 0 Å². The molecule has 2 aromatic carbocycles. The second kappa shape index (κ2) is 7.89. The van der Waals surface area contributed by atoms with E-state index in [-0.39, 0.29) is 17.9 Å². The molecule has 1 atom stereocenters. The van der Waals surface area contributed by atoms with Gasteiger partial charge in [0.25, 0.3) is 11.7 Å². The summed E-state index contributed by atoms with van der Waals surface area (Å²) in [4.78, 5) is 31.2. The number of aliphatic hydroxyl groups excluding tert-OH is 1. The number of likely N-dealkylation sites (tertiary alicyclic amines) is 1. The number of aliphatic hydroxyl groups is 1.